The van der Waals surface area contributed by atoms with Crippen LogP contribution in [-0.4, -0.2) is 22.6 Å². The summed E-state index contributed by atoms with van der Waals surface area (Å²) < 4.78 is 5.64. The Labute approximate surface area is 101 Å². The van der Waals surface area contributed by atoms with Crippen LogP contribution in [0.15, 0.2) is 23.5 Å². The number of amidine groups is 1. The first-order chi connectivity index (χ1) is 8.19. The van der Waals surface area contributed by atoms with Gasteiger partial charge in [-0.1, -0.05) is 25.4 Å². The van der Waals surface area contributed by atoms with Gasteiger partial charge in [-0.05, 0) is 24.5 Å². The lowest BCUT2D eigenvalue weighted by Crippen LogP contribution is -2.18. The van der Waals surface area contributed by atoms with Gasteiger partial charge in [-0.2, -0.15) is 0 Å². The summed E-state index contributed by atoms with van der Waals surface area (Å²) in [6, 6.07) is 3.52. The molecule has 0 aliphatic carbocycles. The monoisotopic (exact) mass is 237 g/mol. The molecule has 0 bridgehead atoms. The van der Waals surface area contributed by atoms with Crippen molar-refractivity contribution in [1.29, 1.82) is 0 Å². The molecule has 0 spiro atoms. The maximum absolute atomic E-state index is 8.64. The maximum Gasteiger partial charge on any atom is 0.192 e. The molecule has 5 heteroatoms. The highest BCUT2D eigenvalue weighted by Crippen LogP contribution is 2.17. The second-order valence-corrected chi connectivity index (χ2v) is 4.04. The standard InChI is InChI=1S/C12H19N3O2/c1-3-5-9(2)8-17-10-6-4-7-14-11(10)12(13)15-16/h4,6-7,9,16H,3,5,8H2,1-2H3,(H2,13,15). The topological polar surface area (TPSA) is 80.7 Å². The fourth-order valence-corrected chi connectivity index (χ4v) is 1.55. The molecule has 0 radical (unpaired) electrons. The number of nitrogens with two attached hydrogens (primary N) is 1. The molecular formula is C12H19N3O2. The Kier molecular flexibility index (Phi) is 5.26. The van der Waals surface area contributed by atoms with Crippen LogP contribution in [0.3, 0.4) is 0 Å². The molecule has 3 N–H and O–H groups in total. The van der Waals surface area contributed by atoms with E-state index in [1.165, 1.54) is 0 Å². The average Bonchev–Trinajstić information content (AvgIpc) is 2.36. The van der Waals surface area contributed by atoms with Crippen LogP contribution in [0.4, 0.5) is 0 Å². The van der Waals surface area contributed by atoms with Crippen molar-refractivity contribution in [2.45, 2.75) is 26.7 Å². The molecule has 1 aromatic rings. The normalized spacial score (nSPS) is 13.4. The van der Waals surface area contributed by atoms with Crippen molar-refractivity contribution in [1.82, 2.24) is 4.98 Å². The van der Waals surface area contributed by atoms with Crippen molar-refractivity contribution in [3.63, 3.8) is 0 Å². The molecule has 5 nitrogen and oxygen atoms in total. The minimum absolute atomic E-state index is 0.0382. The van der Waals surface area contributed by atoms with Crippen molar-refractivity contribution < 1.29 is 9.94 Å². The lowest BCUT2D eigenvalue weighted by molar-refractivity contribution is 0.250. The summed E-state index contributed by atoms with van der Waals surface area (Å²) in [5.41, 5.74) is 5.89. The van der Waals surface area contributed by atoms with E-state index >= 15 is 0 Å². The summed E-state index contributed by atoms with van der Waals surface area (Å²) >= 11 is 0. The lowest BCUT2D eigenvalue weighted by Gasteiger charge is -2.13. The third-order valence-corrected chi connectivity index (χ3v) is 2.43. The predicted octanol–water partition coefficient (Wildman–Crippen LogP) is 1.99. The van der Waals surface area contributed by atoms with Gasteiger partial charge in [0.15, 0.2) is 11.5 Å². The Morgan fingerprint density at radius 2 is 2.41 bits per heavy atom. The van der Waals surface area contributed by atoms with Crippen LogP contribution in [0.1, 0.15) is 32.4 Å². The molecule has 17 heavy (non-hydrogen) atoms. The highest BCUT2D eigenvalue weighted by molar-refractivity contribution is 5.97. The third-order valence-electron chi connectivity index (χ3n) is 2.43. The van der Waals surface area contributed by atoms with Crippen LogP contribution in [0.5, 0.6) is 5.75 Å². The molecule has 0 fully saturated rings. The quantitative estimate of drug-likeness (QED) is 0.343. The molecule has 0 saturated carbocycles. The molecule has 1 atom stereocenters. The molecule has 1 heterocycles. The lowest BCUT2D eigenvalue weighted by atomic mass is 10.1. The summed E-state index contributed by atoms with van der Waals surface area (Å²) in [5.74, 6) is 0.981. The van der Waals surface area contributed by atoms with Gasteiger partial charge in [-0.25, -0.2) is 4.98 Å². The molecule has 1 aromatic heterocycles. The van der Waals surface area contributed by atoms with Gasteiger partial charge < -0.3 is 15.7 Å². The molecule has 1 rings (SSSR count). The maximum atomic E-state index is 8.64. The van der Waals surface area contributed by atoms with Crippen molar-refractivity contribution in [2.75, 3.05) is 6.61 Å². The van der Waals surface area contributed by atoms with E-state index in [0.717, 1.165) is 12.8 Å². The van der Waals surface area contributed by atoms with E-state index in [1.54, 1.807) is 18.3 Å². The Bertz CT molecular complexity index is 380. The van der Waals surface area contributed by atoms with Gasteiger partial charge in [0, 0.05) is 6.20 Å². The van der Waals surface area contributed by atoms with Gasteiger partial charge in [0.25, 0.3) is 0 Å². The number of pyridine rings is 1. The summed E-state index contributed by atoms with van der Waals surface area (Å²) in [4.78, 5) is 4.03. The van der Waals surface area contributed by atoms with Gasteiger partial charge in [0.1, 0.15) is 5.75 Å². The first kappa shape index (κ1) is 13.3. The first-order valence-electron chi connectivity index (χ1n) is 5.74. The number of hydrogen-bond acceptors (Lipinski definition) is 4. The van der Waals surface area contributed by atoms with Gasteiger partial charge >= 0.3 is 0 Å². The van der Waals surface area contributed by atoms with Crippen molar-refractivity contribution >= 4 is 5.84 Å². The summed E-state index contributed by atoms with van der Waals surface area (Å²) in [5, 5.41) is 11.6. The average molecular weight is 237 g/mol. The van der Waals surface area contributed by atoms with Crippen LogP contribution in [-0.2, 0) is 0 Å². The van der Waals surface area contributed by atoms with E-state index in [0.29, 0.717) is 24.0 Å². The number of rotatable bonds is 6. The smallest absolute Gasteiger partial charge is 0.192 e. The molecule has 0 amide bonds. The fourth-order valence-electron chi connectivity index (χ4n) is 1.55. The molecule has 0 aliphatic rings. The number of hydrogen-bond donors (Lipinski definition) is 2. The predicted molar refractivity (Wildman–Crippen MR) is 66.3 cm³/mol. The van der Waals surface area contributed by atoms with Crippen LogP contribution in [0.2, 0.25) is 0 Å². The second kappa shape index (κ2) is 6.73. The Morgan fingerprint density at radius 3 is 3.06 bits per heavy atom. The van der Waals surface area contributed by atoms with Gasteiger partial charge in [-0.3, -0.25) is 0 Å². The zero-order valence-corrected chi connectivity index (χ0v) is 10.3. The second-order valence-electron chi connectivity index (χ2n) is 4.04. The van der Waals surface area contributed by atoms with Gasteiger partial charge in [0.05, 0.1) is 6.61 Å². The van der Waals surface area contributed by atoms with Gasteiger partial charge in [-0.15, -0.1) is 0 Å². The minimum atomic E-state index is -0.0382. The van der Waals surface area contributed by atoms with Crippen LogP contribution >= 0.6 is 0 Å². The molecule has 0 saturated heterocycles. The number of nitrogens with zero attached hydrogens (tertiary/aromatic N) is 2. The molecule has 94 valence electrons. The zero-order chi connectivity index (χ0) is 12.7. The Morgan fingerprint density at radius 1 is 1.65 bits per heavy atom. The van der Waals surface area contributed by atoms with Crippen LogP contribution < -0.4 is 10.5 Å². The van der Waals surface area contributed by atoms with Gasteiger partial charge in [0.2, 0.25) is 0 Å². The van der Waals surface area contributed by atoms with E-state index in [1.807, 2.05) is 0 Å². The molecule has 0 aliphatic heterocycles. The number of oxime groups is 1. The van der Waals surface area contributed by atoms with E-state index in [4.69, 9.17) is 15.7 Å². The van der Waals surface area contributed by atoms with E-state index in [2.05, 4.69) is 24.0 Å². The van der Waals surface area contributed by atoms with Crippen molar-refractivity contribution in [3.8, 4) is 5.75 Å². The van der Waals surface area contributed by atoms with E-state index in [9.17, 15) is 0 Å². The fraction of sp³-hybridized carbons (Fsp3) is 0.500. The summed E-state index contributed by atoms with van der Waals surface area (Å²) in [6.45, 7) is 4.87. The molecular weight excluding hydrogens is 218 g/mol. The highest BCUT2D eigenvalue weighted by atomic mass is 16.5. The number of aromatic nitrogens is 1. The third kappa shape index (κ3) is 3.94. The van der Waals surface area contributed by atoms with E-state index < -0.39 is 0 Å². The SMILES string of the molecule is CCCC(C)COc1cccnc1/C(N)=N/O. The van der Waals surface area contributed by atoms with Crippen LogP contribution in [0.25, 0.3) is 0 Å². The van der Waals surface area contributed by atoms with Crippen molar-refractivity contribution in [3.05, 3.63) is 24.0 Å². The van der Waals surface area contributed by atoms with E-state index in [-0.39, 0.29) is 5.84 Å². The number of ether oxygens (including phenoxy) is 1. The largest absolute Gasteiger partial charge is 0.491 e. The highest BCUT2D eigenvalue weighted by Gasteiger charge is 2.10. The zero-order valence-electron chi connectivity index (χ0n) is 10.3. The Balaban J connectivity index is 2.71. The Hall–Kier alpha value is -1.78. The molecule has 1 unspecified atom stereocenters. The summed E-state index contributed by atoms with van der Waals surface area (Å²) in [7, 11) is 0. The van der Waals surface area contributed by atoms with Crippen molar-refractivity contribution in [2.24, 2.45) is 16.8 Å². The summed E-state index contributed by atoms with van der Waals surface area (Å²) in [6.07, 6.45) is 3.82. The minimum Gasteiger partial charge on any atom is -0.491 e. The first-order valence-corrected chi connectivity index (χ1v) is 5.74. The van der Waals surface area contributed by atoms with Crippen LogP contribution in [0, 0.1) is 5.92 Å². The molecule has 0 aromatic carbocycles.